The highest BCUT2D eigenvalue weighted by Gasteiger charge is 2.38. The van der Waals surface area contributed by atoms with Crippen molar-refractivity contribution < 1.29 is 23.1 Å². The number of aliphatic carboxylic acids is 1. The van der Waals surface area contributed by atoms with E-state index in [1.54, 1.807) is 0 Å². The molecular formula is C14H17ClN2O5S. The normalized spacial score (nSPS) is 17.3. The molecule has 0 heterocycles. The molecule has 0 spiro atoms. The number of carboxylic acid groups (broad SMARTS) is 1. The molecule has 2 atom stereocenters. The molecule has 2 unspecified atom stereocenters. The molecule has 1 amide bonds. The molecule has 1 aliphatic rings. The average Bonchev–Trinajstić information content (AvgIpc) is 3.28. The maximum absolute atomic E-state index is 12.2. The van der Waals surface area contributed by atoms with Crippen LogP contribution in [-0.2, 0) is 19.6 Å². The fraction of sp³-hybridized carbons (Fsp3) is 0.429. The molecule has 9 heteroatoms. The molecule has 0 saturated heterocycles. The van der Waals surface area contributed by atoms with Crippen LogP contribution in [0.15, 0.2) is 29.2 Å². The van der Waals surface area contributed by atoms with Gasteiger partial charge in [0.15, 0.2) is 0 Å². The van der Waals surface area contributed by atoms with Gasteiger partial charge in [0, 0.05) is 5.02 Å². The lowest BCUT2D eigenvalue weighted by Gasteiger charge is -2.18. The predicted molar refractivity (Wildman–Crippen MR) is 83.5 cm³/mol. The summed E-state index contributed by atoms with van der Waals surface area (Å²) >= 11 is 5.71. The minimum Gasteiger partial charge on any atom is -0.480 e. The van der Waals surface area contributed by atoms with Gasteiger partial charge in [-0.05, 0) is 49.9 Å². The van der Waals surface area contributed by atoms with Crippen LogP contribution >= 0.6 is 11.6 Å². The van der Waals surface area contributed by atoms with Gasteiger partial charge in [0.05, 0.1) is 10.9 Å². The summed E-state index contributed by atoms with van der Waals surface area (Å²) in [5, 5.41) is 11.9. The molecule has 3 N–H and O–H groups in total. The van der Waals surface area contributed by atoms with Crippen molar-refractivity contribution in [2.75, 3.05) is 0 Å². The first-order valence-electron chi connectivity index (χ1n) is 7.02. The number of amides is 1. The van der Waals surface area contributed by atoms with Gasteiger partial charge in [-0.25, -0.2) is 13.2 Å². The highest BCUT2D eigenvalue weighted by atomic mass is 35.5. The first-order chi connectivity index (χ1) is 10.7. The average molecular weight is 361 g/mol. The van der Waals surface area contributed by atoms with Crippen LogP contribution in [-0.4, -0.2) is 37.5 Å². The van der Waals surface area contributed by atoms with E-state index in [0.29, 0.717) is 5.02 Å². The molecule has 0 radical (unpaired) electrons. The number of benzene rings is 1. The van der Waals surface area contributed by atoms with Crippen LogP contribution in [0.5, 0.6) is 0 Å². The van der Waals surface area contributed by atoms with Crippen molar-refractivity contribution >= 4 is 33.5 Å². The topological polar surface area (TPSA) is 113 Å². The van der Waals surface area contributed by atoms with E-state index in [0.717, 1.165) is 12.8 Å². The van der Waals surface area contributed by atoms with Gasteiger partial charge >= 0.3 is 5.97 Å². The summed E-state index contributed by atoms with van der Waals surface area (Å²) in [5.41, 5.74) is 0. The highest BCUT2D eigenvalue weighted by Crippen LogP contribution is 2.32. The molecule has 126 valence electrons. The number of rotatable bonds is 7. The van der Waals surface area contributed by atoms with E-state index < -0.39 is 34.0 Å². The predicted octanol–water partition coefficient (Wildman–Crippen LogP) is 0.986. The van der Waals surface area contributed by atoms with E-state index in [1.807, 2.05) is 0 Å². The summed E-state index contributed by atoms with van der Waals surface area (Å²) in [4.78, 5) is 23.1. The molecule has 7 nitrogen and oxygen atoms in total. The molecule has 1 fully saturated rings. The van der Waals surface area contributed by atoms with Crippen molar-refractivity contribution in [1.82, 2.24) is 10.0 Å². The minimum absolute atomic E-state index is 0.0291. The van der Waals surface area contributed by atoms with Crippen molar-refractivity contribution in [3.63, 3.8) is 0 Å². The minimum atomic E-state index is -3.90. The Bertz CT molecular complexity index is 700. The molecule has 1 saturated carbocycles. The molecular weight excluding hydrogens is 344 g/mol. The quantitative estimate of drug-likeness (QED) is 0.671. The molecule has 23 heavy (non-hydrogen) atoms. The first kappa shape index (κ1) is 17.7. The van der Waals surface area contributed by atoms with Crippen LogP contribution in [0.2, 0.25) is 5.02 Å². The summed E-state index contributed by atoms with van der Waals surface area (Å²) in [6.45, 7) is 1.36. The number of hydrogen-bond acceptors (Lipinski definition) is 4. The van der Waals surface area contributed by atoms with Crippen LogP contribution in [0, 0.1) is 5.92 Å². The number of hydrogen-bond donors (Lipinski definition) is 3. The van der Waals surface area contributed by atoms with E-state index in [1.165, 1.54) is 31.2 Å². The van der Waals surface area contributed by atoms with Gasteiger partial charge in [0.1, 0.15) is 6.04 Å². The van der Waals surface area contributed by atoms with Crippen LogP contribution in [0.3, 0.4) is 0 Å². The Morgan fingerprint density at radius 3 is 2.30 bits per heavy atom. The van der Waals surface area contributed by atoms with E-state index in [2.05, 4.69) is 10.0 Å². The van der Waals surface area contributed by atoms with Crippen LogP contribution in [0.25, 0.3) is 0 Å². The zero-order valence-corrected chi connectivity index (χ0v) is 13.9. The maximum Gasteiger partial charge on any atom is 0.326 e. The number of nitrogens with one attached hydrogen (secondary N) is 2. The largest absolute Gasteiger partial charge is 0.480 e. The standard InChI is InChI=1S/C14H17ClN2O5S/c1-8(13(18)16-12(14(19)20)9-2-3-9)17-23(21,22)11-6-4-10(15)5-7-11/h4-9,12,17H,2-3H2,1H3,(H,16,18)(H,19,20). The van der Waals surface area contributed by atoms with Crippen LogP contribution < -0.4 is 10.0 Å². The molecule has 1 aromatic carbocycles. The zero-order chi connectivity index (χ0) is 17.2. The first-order valence-corrected chi connectivity index (χ1v) is 8.88. The molecule has 0 bridgehead atoms. The Morgan fingerprint density at radius 2 is 1.83 bits per heavy atom. The fourth-order valence-corrected chi connectivity index (χ4v) is 3.39. The third-order valence-corrected chi connectivity index (χ3v) is 5.31. The third-order valence-electron chi connectivity index (χ3n) is 3.51. The maximum atomic E-state index is 12.2. The van der Waals surface area contributed by atoms with Crippen LogP contribution in [0.4, 0.5) is 0 Å². The molecule has 0 aliphatic heterocycles. The Kier molecular flexibility index (Phi) is 5.28. The van der Waals surface area contributed by atoms with E-state index in [9.17, 15) is 18.0 Å². The highest BCUT2D eigenvalue weighted by molar-refractivity contribution is 7.89. The molecule has 0 aromatic heterocycles. The number of carbonyl (C=O) groups excluding carboxylic acids is 1. The van der Waals surface area contributed by atoms with Gasteiger partial charge in [-0.15, -0.1) is 0 Å². The van der Waals surface area contributed by atoms with Crippen molar-refractivity contribution in [2.45, 2.75) is 36.7 Å². The second-order valence-corrected chi connectivity index (χ2v) is 7.61. The van der Waals surface area contributed by atoms with Gasteiger partial charge in [-0.2, -0.15) is 4.72 Å². The molecule has 1 aromatic rings. The summed E-state index contributed by atoms with van der Waals surface area (Å²) in [6, 6.07) is 3.41. The van der Waals surface area contributed by atoms with Gasteiger partial charge < -0.3 is 10.4 Å². The van der Waals surface area contributed by atoms with Gasteiger partial charge in [-0.1, -0.05) is 11.6 Å². The van der Waals surface area contributed by atoms with E-state index in [4.69, 9.17) is 16.7 Å². The summed E-state index contributed by atoms with van der Waals surface area (Å²) in [6.07, 6.45) is 1.48. The Labute approximate surface area is 139 Å². The van der Waals surface area contributed by atoms with Gasteiger partial charge in [0.25, 0.3) is 0 Å². The number of sulfonamides is 1. The SMILES string of the molecule is CC(NS(=O)(=O)c1ccc(Cl)cc1)C(=O)NC(C(=O)O)C1CC1. The summed E-state index contributed by atoms with van der Waals surface area (Å²) in [7, 11) is -3.90. The Hall–Kier alpha value is -1.64. The van der Waals surface area contributed by atoms with Gasteiger partial charge in [-0.3, -0.25) is 4.79 Å². The lowest BCUT2D eigenvalue weighted by molar-refractivity contribution is -0.142. The zero-order valence-electron chi connectivity index (χ0n) is 12.3. The Morgan fingerprint density at radius 1 is 1.26 bits per heavy atom. The lowest BCUT2D eigenvalue weighted by Crippen LogP contribution is -2.51. The second-order valence-electron chi connectivity index (χ2n) is 5.46. The summed E-state index contributed by atoms with van der Waals surface area (Å²) < 4.78 is 26.6. The monoisotopic (exact) mass is 360 g/mol. The van der Waals surface area contributed by atoms with Crippen molar-refractivity contribution in [2.24, 2.45) is 5.92 Å². The van der Waals surface area contributed by atoms with Gasteiger partial charge in [0.2, 0.25) is 15.9 Å². The number of carbonyl (C=O) groups is 2. The smallest absolute Gasteiger partial charge is 0.326 e. The second kappa shape index (κ2) is 6.86. The molecule has 2 rings (SSSR count). The summed E-state index contributed by atoms with van der Waals surface area (Å²) in [5.74, 6) is -1.88. The Balaban J connectivity index is 2.02. The van der Waals surface area contributed by atoms with Crippen molar-refractivity contribution in [3.05, 3.63) is 29.3 Å². The number of halogens is 1. The van der Waals surface area contributed by atoms with Crippen LogP contribution in [0.1, 0.15) is 19.8 Å². The van der Waals surface area contributed by atoms with E-state index in [-0.39, 0.29) is 10.8 Å². The van der Waals surface area contributed by atoms with E-state index >= 15 is 0 Å². The fourth-order valence-electron chi connectivity index (χ4n) is 2.06. The lowest BCUT2D eigenvalue weighted by atomic mass is 10.2. The van der Waals surface area contributed by atoms with Crippen molar-refractivity contribution in [1.29, 1.82) is 0 Å². The van der Waals surface area contributed by atoms with Crippen molar-refractivity contribution in [3.8, 4) is 0 Å². The number of carboxylic acids is 1. The molecule has 1 aliphatic carbocycles. The third kappa shape index (κ3) is 4.66.